The van der Waals surface area contributed by atoms with Crippen molar-refractivity contribution in [3.05, 3.63) is 53.5 Å². The van der Waals surface area contributed by atoms with Crippen LogP contribution < -0.4 is 15.0 Å². The van der Waals surface area contributed by atoms with Crippen molar-refractivity contribution in [3.8, 4) is 5.75 Å². The Hall–Kier alpha value is -3.22. The lowest BCUT2D eigenvalue weighted by molar-refractivity contribution is -0.125. The number of nitrogens with zero attached hydrogens (tertiary/aromatic N) is 4. The molecular formula is C24H29N5O2. The number of anilines is 1. The SMILES string of the molecule is CCOc1ccc2nc(N3CCCC(C(=O)NCc4ncccc4C)C3)nc(C)c2c1. The number of carbonyl (C=O) groups excluding carboxylic acids is 1. The first-order valence-corrected chi connectivity index (χ1v) is 10.9. The van der Waals surface area contributed by atoms with E-state index in [0.717, 1.165) is 53.0 Å². The van der Waals surface area contributed by atoms with Crippen LogP contribution in [0, 0.1) is 19.8 Å². The number of ether oxygens (including phenoxy) is 1. The van der Waals surface area contributed by atoms with Gasteiger partial charge in [0.15, 0.2) is 0 Å². The van der Waals surface area contributed by atoms with E-state index in [1.54, 1.807) is 6.20 Å². The van der Waals surface area contributed by atoms with Crippen LogP contribution in [0.3, 0.4) is 0 Å². The molecule has 1 atom stereocenters. The highest BCUT2D eigenvalue weighted by Crippen LogP contribution is 2.26. The maximum Gasteiger partial charge on any atom is 0.226 e. The van der Waals surface area contributed by atoms with Gasteiger partial charge in [0.1, 0.15) is 5.75 Å². The van der Waals surface area contributed by atoms with Gasteiger partial charge in [-0.25, -0.2) is 9.97 Å². The number of carbonyl (C=O) groups is 1. The first-order chi connectivity index (χ1) is 15.0. The van der Waals surface area contributed by atoms with Gasteiger partial charge >= 0.3 is 0 Å². The summed E-state index contributed by atoms with van der Waals surface area (Å²) < 4.78 is 5.60. The molecule has 4 rings (SSSR count). The van der Waals surface area contributed by atoms with E-state index >= 15 is 0 Å². The van der Waals surface area contributed by atoms with Crippen molar-refractivity contribution >= 4 is 22.8 Å². The molecule has 31 heavy (non-hydrogen) atoms. The molecule has 1 fully saturated rings. The summed E-state index contributed by atoms with van der Waals surface area (Å²) in [6.07, 6.45) is 3.56. The quantitative estimate of drug-likeness (QED) is 0.658. The lowest BCUT2D eigenvalue weighted by atomic mass is 9.97. The zero-order valence-electron chi connectivity index (χ0n) is 18.4. The van der Waals surface area contributed by atoms with Crippen LogP contribution >= 0.6 is 0 Å². The topological polar surface area (TPSA) is 80.2 Å². The predicted molar refractivity (Wildman–Crippen MR) is 121 cm³/mol. The summed E-state index contributed by atoms with van der Waals surface area (Å²) in [7, 11) is 0. The van der Waals surface area contributed by atoms with Crippen LogP contribution in [-0.4, -0.2) is 40.6 Å². The fraction of sp³-hybridized carbons (Fsp3) is 0.417. The van der Waals surface area contributed by atoms with Gasteiger partial charge < -0.3 is 15.0 Å². The maximum absolute atomic E-state index is 12.8. The monoisotopic (exact) mass is 419 g/mol. The number of hydrogen-bond acceptors (Lipinski definition) is 6. The number of nitrogens with one attached hydrogen (secondary N) is 1. The number of aryl methyl sites for hydroxylation is 2. The number of aromatic nitrogens is 3. The maximum atomic E-state index is 12.8. The number of pyridine rings is 1. The Labute approximate surface area is 182 Å². The van der Waals surface area contributed by atoms with E-state index in [9.17, 15) is 4.79 Å². The first-order valence-electron chi connectivity index (χ1n) is 10.9. The van der Waals surface area contributed by atoms with Crippen LogP contribution in [0.25, 0.3) is 10.9 Å². The number of benzene rings is 1. The van der Waals surface area contributed by atoms with E-state index in [4.69, 9.17) is 14.7 Å². The molecule has 7 nitrogen and oxygen atoms in total. The van der Waals surface area contributed by atoms with Crippen LogP contribution in [0.5, 0.6) is 5.75 Å². The van der Waals surface area contributed by atoms with E-state index in [0.29, 0.717) is 25.6 Å². The summed E-state index contributed by atoms with van der Waals surface area (Å²) in [5.41, 5.74) is 3.80. The van der Waals surface area contributed by atoms with Crippen LogP contribution in [0.1, 0.15) is 36.7 Å². The van der Waals surface area contributed by atoms with Crippen LogP contribution in [0.2, 0.25) is 0 Å². The fourth-order valence-electron chi connectivity index (χ4n) is 4.03. The van der Waals surface area contributed by atoms with Crippen molar-refractivity contribution in [2.45, 2.75) is 40.2 Å². The molecule has 3 aromatic rings. The Bertz CT molecular complexity index is 1080. The zero-order chi connectivity index (χ0) is 21.8. The minimum Gasteiger partial charge on any atom is -0.494 e. The molecule has 3 heterocycles. The van der Waals surface area contributed by atoms with Gasteiger partial charge in [0, 0.05) is 24.7 Å². The van der Waals surface area contributed by atoms with Crippen LogP contribution in [-0.2, 0) is 11.3 Å². The minimum absolute atomic E-state index is 0.0635. The molecule has 2 aromatic heterocycles. The van der Waals surface area contributed by atoms with E-state index in [1.165, 1.54) is 0 Å². The molecule has 7 heteroatoms. The number of amides is 1. The molecule has 0 saturated carbocycles. The number of rotatable bonds is 6. The van der Waals surface area contributed by atoms with Crippen molar-refractivity contribution < 1.29 is 9.53 Å². The van der Waals surface area contributed by atoms with E-state index < -0.39 is 0 Å². The van der Waals surface area contributed by atoms with Gasteiger partial charge in [-0.05, 0) is 63.4 Å². The second-order valence-electron chi connectivity index (χ2n) is 7.99. The average molecular weight is 420 g/mol. The molecule has 1 unspecified atom stereocenters. The highest BCUT2D eigenvalue weighted by molar-refractivity contribution is 5.83. The summed E-state index contributed by atoms with van der Waals surface area (Å²) in [6, 6.07) is 9.82. The molecule has 1 N–H and O–H groups in total. The van der Waals surface area contributed by atoms with Gasteiger partial charge in [0.2, 0.25) is 11.9 Å². The predicted octanol–water partition coefficient (Wildman–Crippen LogP) is 3.57. The zero-order valence-corrected chi connectivity index (χ0v) is 18.4. The Morgan fingerprint density at radius 2 is 2.13 bits per heavy atom. The third kappa shape index (κ3) is 4.76. The summed E-state index contributed by atoms with van der Waals surface area (Å²) >= 11 is 0. The molecule has 1 aliphatic rings. The highest BCUT2D eigenvalue weighted by Gasteiger charge is 2.27. The lowest BCUT2D eigenvalue weighted by Crippen LogP contribution is -2.43. The summed E-state index contributed by atoms with van der Waals surface area (Å²) in [5.74, 6) is 1.49. The molecule has 1 aliphatic heterocycles. The van der Waals surface area contributed by atoms with Gasteiger partial charge in [-0.1, -0.05) is 6.07 Å². The summed E-state index contributed by atoms with van der Waals surface area (Å²) in [5, 5.41) is 4.05. The normalized spacial score (nSPS) is 16.4. The van der Waals surface area contributed by atoms with Crippen molar-refractivity contribution in [3.63, 3.8) is 0 Å². The third-order valence-electron chi connectivity index (χ3n) is 5.78. The van der Waals surface area contributed by atoms with Gasteiger partial charge in [-0.15, -0.1) is 0 Å². The van der Waals surface area contributed by atoms with Crippen molar-refractivity contribution in [1.29, 1.82) is 0 Å². The lowest BCUT2D eigenvalue weighted by Gasteiger charge is -2.32. The summed E-state index contributed by atoms with van der Waals surface area (Å²) in [6.45, 7) is 8.52. The summed E-state index contributed by atoms with van der Waals surface area (Å²) in [4.78, 5) is 28.8. The molecule has 0 bridgehead atoms. The molecular weight excluding hydrogens is 390 g/mol. The van der Waals surface area contributed by atoms with E-state index in [-0.39, 0.29) is 11.8 Å². The highest BCUT2D eigenvalue weighted by atomic mass is 16.5. The number of hydrogen-bond donors (Lipinski definition) is 1. The smallest absolute Gasteiger partial charge is 0.226 e. The second kappa shape index (κ2) is 9.29. The first kappa shape index (κ1) is 21.0. The standard InChI is InChI=1S/C24H29N5O2/c1-4-31-19-9-10-21-20(13-19)17(3)27-24(28-21)29-12-6-8-18(15-29)23(30)26-14-22-16(2)7-5-11-25-22/h5,7,9-11,13,18H,4,6,8,12,14-15H2,1-3H3,(H,26,30). The molecule has 0 spiro atoms. The van der Waals surface area contributed by atoms with Gasteiger partial charge in [0.05, 0.1) is 36.0 Å². The van der Waals surface area contributed by atoms with Crippen molar-refractivity contribution in [2.75, 3.05) is 24.6 Å². The fourth-order valence-corrected chi connectivity index (χ4v) is 4.03. The second-order valence-corrected chi connectivity index (χ2v) is 7.99. The Balaban J connectivity index is 1.46. The number of fused-ring (bicyclic) bond motifs is 1. The third-order valence-corrected chi connectivity index (χ3v) is 5.78. The average Bonchev–Trinajstić information content (AvgIpc) is 2.79. The van der Waals surface area contributed by atoms with Gasteiger partial charge in [0.25, 0.3) is 0 Å². The minimum atomic E-state index is -0.0855. The van der Waals surface area contributed by atoms with E-state index in [1.807, 2.05) is 51.1 Å². The Kier molecular flexibility index (Phi) is 6.30. The van der Waals surface area contributed by atoms with Gasteiger partial charge in [-0.2, -0.15) is 0 Å². The molecule has 1 amide bonds. The van der Waals surface area contributed by atoms with Crippen molar-refractivity contribution in [2.24, 2.45) is 5.92 Å². The molecule has 1 aromatic carbocycles. The van der Waals surface area contributed by atoms with E-state index in [2.05, 4.69) is 15.2 Å². The van der Waals surface area contributed by atoms with Crippen molar-refractivity contribution in [1.82, 2.24) is 20.3 Å². The van der Waals surface area contributed by atoms with Crippen LogP contribution in [0.15, 0.2) is 36.5 Å². The molecule has 1 saturated heterocycles. The van der Waals surface area contributed by atoms with Gasteiger partial charge in [-0.3, -0.25) is 9.78 Å². The molecule has 0 radical (unpaired) electrons. The molecule has 0 aliphatic carbocycles. The largest absolute Gasteiger partial charge is 0.494 e. The Morgan fingerprint density at radius 1 is 1.26 bits per heavy atom. The number of piperidine rings is 1. The Morgan fingerprint density at radius 3 is 2.94 bits per heavy atom. The van der Waals surface area contributed by atoms with Crippen LogP contribution in [0.4, 0.5) is 5.95 Å². The molecule has 162 valence electrons.